The number of aromatic nitrogens is 2. The minimum atomic E-state index is -0.403. The van der Waals surface area contributed by atoms with Gasteiger partial charge in [0.25, 0.3) is 0 Å². The molecule has 1 fully saturated rings. The molecule has 0 radical (unpaired) electrons. The van der Waals surface area contributed by atoms with Crippen LogP contribution in [0.2, 0.25) is 0 Å². The second-order valence-corrected chi connectivity index (χ2v) is 3.82. The van der Waals surface area contributed by atoms with E-state index in [4.69, 9.17) is 0 Å². The minimum absolute atomic E-state index is 0.403. The molecule has 82 valence electrons. The summed E-state index contributed by atoms with van der Waals surface area (Å²) in [6.45, 7) is 3.00. The van der Waals surface area contributed by atoms with Gasteiger partial charge in [-0.1, -0.05) is 0 Å². The lowest BCUT2D eigenvalue weighted by Gasteiger charge is -2.22. The van der Waals surface area contributed by atoms with E-state index < -0.39 is 5.82 Å². The van der Waals surface area contributed by atoms with Crippen molar-refractivity contribution in [2.45, 2.75) is 12.8 Å². The summed E-state index contributed by atoms with van der Waals surface area (Å²) in [5, 5.41) is 6.45. The van der Waals surface area contributed by atoms with E-state index >= 15 is 0 Å². The molecule has 1 aromatic rings. The van der Waals surface area contributed by atoms with E-state index in [9.17, 15) is 4.39 Å². The monoisotopic (exact) mass is 210 g/mol. The maximum Gasteiger partial charge on any atom is 0.222 e. The highest BCUT2D eigenvalue weighted by atomic mass is 19.1. The zero-order chi connectivity index (χ0) is 10.5. The van der Waals surface area contributed by atoms with Crippen LogP contribution >= 0.6 is 0 Å². The van der Waals surface area contributed by atoms with Gasteiger partial charge in [0.2, 0.25) is 5.95 Å². The third kappa shape index (κ3) is 3.13. The molecule has 15 heavy (non-hydrogen) atoms. The van der Waals surface area contributed by atoms with Crippen LogP contribution in [0.25, 0.3) is 0 Å². The summed E-state index contributed by atoms with van der Waals surface area (Å²) < 4.78 is 12.5. The number of nitrogens with zero attached hydrogens (tertiary/aromatic N) is 2. The van der Waals surface area contributed by atoms with E-state index in [0.717, 1.165) is 19.6 Å². The predicted octanol–water partition coefficient (Wildman–Crippen LogP) is 1.03. The molecule has 5 heteroatoms. The first-order valence-electron chi connectivity index (χ1n) is 5.27. The Bertz CT molecular complexity index is 295. The number of hydrogen-bond donors (Lipinski definition) is 2. The third-order valence-electron chi connectivity index (χ3n) is 2.57. The van der Waals surface area contributed by atoms with Gasteiger partial charge in [-0.2, -0.15) is 0 Å². The number of nitrogens with one attached hydrogen (secondary N) is 2. The van der Waals surface area contributed by atoms with Crippen LogP contribution < -0.4 is 10.6 Å². The van der Waals surface area contributed by atoms with E-state index in [0.29, 0.717) is 11.9 Å². The van der Waals surface area contributed by atoms with Crippen molar-refractivity contribution < 1.29 is 4.39 Å². The largest absolute Gasteiger partial charge is 0.354 e. The Labute approximate surface area is 88.3 Å². The predicted molar refractivity (Wildman–Crippen MR) is 56.1 cm³/mol. The van der Waals surface area contributed by atoms with Gasteiger partial charge in [0.1, 0.15) is 0 Å². The lowest BCUT2D eigenvalue weighted by Crippen LogP contribution is -2.33. The second kappa shape index (κ2) is 5.02. The third-order valence-corrected chi connectivity index (χ3v) is 2.57. The summed E-state index contributed by atoms with van der Waals surface area (Å²) in [5.74, 6) is 0.717. The van der Waals surface area contributed by atoms with E-state index in [1.807, 2.05) is 0 Å². The van der Waals surface area contributed by atoms with Crippen LogP contribution in [0, 0.1) is 11.7 Å². The average Bonchev–Trinajstić information content (AvgIpc) is 2.30. The Hall–Kier alpha value is -1.23. The first-order valence-corrected chi connectivity index (χ1v) is 5.27. The van der Waals surface area contributed by atoms with Crippen molar-refractivity contribution in [3.63, 3.8) is 0 Å². The molecule has 2 heterocycles. The summed E-state index contributed by atoms with van der Waals surface area (Å²) in [6, 6.07) is 0. The molecule has 2 N–H and O–H groups in total. The Kier molecular flexibility index (Phi) is 3.45. The van der Waals surface area contributed by atoms with Crippen molar-refractivity contribution in [1.82, 2.24) is 15.3 Å². The molecule has 0 aromatic carbocycles. The molecule has 1 aromatic heterocycles. The Morgan fingerprint density at radius 2 is 2.27 bits per heavy atom. The van der Waals surface area contributed by atoms with Crippen LogP contribution in [0.15, 0.2) is 12.4 Å². The van der Waals surface area contributed by atoms with Gasteiger partial charge in [-0.15, -0.1) is 0 Å². The summed E-state index contributed by atoms with van der Waals surface area (Å²) in [6.07, 6.45) is 4.79. The van der Waals surface area contributed by atoms with Crippen molar-refractivity contribution in [1.29, 1.82) is 0 Å². The smallest absolute Gasteiger partial charge is 0.222 e. The number of anilines is 1. The highest BCUT2D eigenvalue weighted by Gasteiger charge is 2.12. The fourth-order valence-corrected chi connectivity index (χ4v) is 1.74. The molecule has 0 aliphatic carbocycles. The molecule has 4 nitrogen and oxygen atoms in total. The highest BCUT2D eigenvalue weighted by molar-refractivity contribution is 5.22. The number of hydrogen-bond acceptors (Lipinski definition) is 4. The second-order valence-electron chi connectivity index (χ2n) is 3.82. The number of piperidine rings is 1. The van der Waals surface area contributed by atoms with Crippen LogP contribution in [-0.4, -0.2) is 29.6 Å². The number of rotatable bonds is 3. The van der Waals surface area contributed by atoms with Gasteiger partial charge in [-0.25, -0.2) is 14.4 Å². The van der Waals surface area contributed by atoms with Crippen molar-refractivity contribution >= 4 is 5.95 Å². The van der Waals surface area contributed by atoms with Gasteiger partial charge in [-0.05, 0) is 31.8 Å². The quantitative estimate of drug-likeness (QED) is 0.782. The van der Waals surface area contributed by atoms with Crippen LogP contribution in [0.4, 0.5) is 10.3 Å². The summed E-state index contributed by atoms with van der Waals surface area (Å²) >= 11 is 0. The lowest BCUT2D eigenvalue weighted by atomic mass is 10.00. The van der Waals surface area contributed by atoms with E-state index in [1.54, 1.807) is 0 Å². The maximum atomic E-state index is 12.5. The number of halogens is 1. The summed E-state index contributed by atoms with van der Waals surface area (Å²) in [7, 11) is 0. The zero-order valence-electron chi connectivity index (χ0n) is 8.54. The molecule has 1 unspecified atom stereocenters. The Balaban J connectivity index is 1.79. The highest BCUT2D eigenvalue weighted by Crippen LogP contribution is 2.10. The molecule has 1 saturated heterocycles. The molecule has 0 saturated carbocycles. The molecule has 1 aliphatic rings. The van der Waals surface area contributed by atoms with Gasteiger partial charge >= 0.3 is 0 Å². The molecule has 1 atom stereocenters. The van der Waals surface area contributed by atoms with Gasteiger partial charge < -0.3 is 10.6 Å². The van der Waals surface area contributed by atoms with Crippen LogP contribution in [-0.2, 0) is 0 Å². The molecule has 2 rings (SSSR count). The van der Waals surface area contributed by atoms with E-state index in [2.05, 4.69) is 20.6 Å². The van der Waals surface area contributed by atoms with Crippen LogP contribution in [0.5, 0.6) is 0 Å². The van der Waals surface area contributed by atoms with Crippen molar-refractivity contribution in [2.75, 3.05) is 25.0 Å². The molecular weight excluding hydrogens is 195 g/mol. The summed E-state index contributed by atoms with van der Waals surface area (Å²) in [4.78, 5) is 7.69. The van der Waals surface area contributed by atoms with Gasteiger partial charge in [-0.3, -0.25) is 0 Å². The minimum Gasteiger partial charge on any atom is -0.354 e. The Morgan fingerprint density at radius 1 is 1.47 bits per heavy atom. The van der Waals surface area contributed by atoms with Gasteiger partial charge in [0.05, 0.1) is 12.4 Å². The normalized spacial score (nSPS) is 21.3. The molecular formula is C10H15FN4. The van der Waals surface area contributed by atoms with E-state index in [1.165, 1.54) is 25.2 Å². The zero-order valence-corrected chi connectivity index (χ0v) is 8.54. The average molecular weight is 210 g/mol. The van der Waals surface area contributed by atoms with Crippen molar-refractivity contribution in [2.24, 2.45) is 5.92 Å². The molecule has 0 amide bonds. The Morgan fingerprint density at radius 3 is 2.93 bits per heavy atom. The van der Waals surface area contributed by atoms with Gasteiger partial charge in [0, 0.05) is 6.54 Å². The van der Waals surface area contributed by atoms with E-state index in [-0.39, 0.29) is 0 Å². The molecule has 0 bridgehead atoms. The fraction of sp³-hybridized carbons (Fsp3) is 0.600. The first kappa shape index (κ1) is 10.3. The molecule has 1 aliphatic heterocycles. The van der Waals surface area contributed by atoms with Crippen LogP contribution in [0.1, 0.15) is 12.8 Å². The SMILES string of the molecule is Fc1cnc(NCC2CCCNC2)nc1. The standard InChI is InChI=1S/C10H15FN4/c11-9-6-14-10(15-7-9)13-5-8-2-1-3-12-4-8/h6-8,12H,1-5H2,(H,13,14,15). The maximum absolute atomic E-state index is 12.5. The summed E-state index contributed by atoms with van der Waals surface area (Å²) in [5.41, 5.74) is 0. The van der Waals surface area contributed by atoms with Crippen molar-refractivity contribution in [3.8, 4) is 0 Å². The first-order chi connectivity index (χ1) is 7.34. The van der Waals surface area contributed by atoms with Crippen molar-refractivity contribution in [3.05, 3.63) is 18.2 Å². The lowest BCUT2D eigenvalue weighted by molar-refractivity contribution is 0.392. The van der Waals surface area contributed by atoms with Crippen LogP contribution in [0.3, 0.4) is 0 Å². The topological polar surface area (TPSA) is 49.8 Å². The van der Waals surface area contributed by atoms with Gasteiger partial charge in [0.15, 0.2) is 5.82 Å². The fourth-order valence-electron chi connectivity index (χ4n) is 1.74. The molecule has 0 spiro atoms.